The highest BCUT2D eigenvalue weighted by atomic mass is 32.2. The van der Waals surface area contributed by atoms with E-state index in [0.29, 0.717) is 42.3 Å². The molecule has 2 fully saturated rings. The summed E-state index contributed by atoms with van der Waals surface area (Å²) in [5.74, 6) is -4.49. The van der Waals surface area contributed by atoms with E-state index in [1.165, 1.54) is 17.3 Å². The normalized spacial score (nSPS) is 15.9. The first-order valence-corrected chi connectivity index (χ1v) is 26.4. The number of halogens is 6. The van der Waals surface area contributed by atoms with Crippen LogP contribution in [0.15, 0.2) is 78.0 Å². The summed E-state index contributed by atoms with van der Waals surface area (Å²) in [6.07, 6.45) is 11.9. The van der Waals surface area contributed by atoms with Crippen molar-refractivity contribution in [2.45, 2.75) is 94.7 Å². The number of piperidine rings is 2. The zero-order chi connectivity index (χ0) is 52.8. The van der Waals surface area contributed by atoms with Gasteiger partial charge in [0.15, 0.2) is 29.1 Å². The van der Waals surface area contributed by atoms with Crippen LogP contribution in [-0.2, 0) is 25.9 Å². The van der Waals surface area contributed by atoms with Crippen molar-refractivity contribution in [2.75, 3.05) is 71.2 Å². The summed E-state index contributed by atoms with van der Waals surface area (Å²) in [6, 6.07) is 15.1. The zero-order valence-corrected chi connectivity index (χ0v) is 43.1. The minimum absolute atomic E-state index is 0.115. The van der Waals surface area contributed by atoms with Crippen LogP contribution in [0.3, 0.4) is 0 Å². The summed E-state index contributed by atoms with van der Waals surface area (Å²) in [6.45, 7) is 5.20. The Morgan fingerprint density at radius 1 is 0.743 bits per heavy atom. The van der Waals surface area contributed by atoms with Gasteiger partial charge in [-0.05, 0) is 178 Å². The van der Waals surface area contributed by atoms with Gasteiger partial charge in [0.2, 0.25) is 0 Å². The van der Waals surface area contributed by atoms with E-state index in [1.54, 1.807) is 14.2 Å². The van der Waals surface area contributed by atoms with Crippen LogP contribution >= 0.6 is 11.8 Å². The molecule has 2 aliphatic heterocycles. The van der Waals surface area contributed by atoms with Gasteiger partial charge in [-0.15, -0.1) is 11.8 Å². The number of methoxy groups -OCH3 is 2. The van der Waals surface area contributed by atoms with Crippen molar-refractivity contribution >= 4 is 39.3 Å². The Labute approximate surface area is 433 Å². The summed E-state index contributed by atoms with van der Waals surface area (Å²) in [5.41, 5.74) is 17.4. The van der Waals surface area contributed by atoms with Crippen LogP contribution in [0.2, 0.25) is 0 Å². The van der Waals surface area contributed by atoms with E-state index in [0.717, 1.165) is 159 Å². The molecule has 2 saturated heterocycles. The molecule has 6 aromatic rings. The van der Waals surface area contributed by atoms with Crippen LogP contribution in [0.5, 0.6) is 11.5 Å². The number of pyridine rings is 2. The maximum absolute atomic E-state index is 14.0. The largest absolute Gasteiger partial charge is 0.497 e. The van der Waals surface area contributed by atoms with E-state index in [-0.39, 0.29) is 29.7 Å². The summed E-state index contributed by atoms with van der Waals surface area (Å²) in [4.78, 5) is 11.8. The number of nitrogens with zero attached hydrogens (tertiary/aromatic N) is 3. The molecule has 0 saturated carbocycles. The number of nitrogens with two attached hydrogens (primary N) is 2. The number of aromatic nitrogens is 2. The van der Waals surface area contributed by atoms with Gasteiger partial charge in [-0.2, -0.15) is 0 Å². The Morgan fingerprint density at radius 2 is 1.28 bits per heavy atom. The van der Waals surface area contributed by atoms with E-state index in [1.807, 2.05) is 48.8 Å². The summed E-state index contributed by atoms with van der Waals surface area (Å²) >= 11 is 1.31. The second kappa shape index (κ2) is 26.5. The van der Waals surface area contributed by atoms with Crippen molar-refractivity contribution in [1.82, 2.24) is 20.2 Å². The van der Waals surface area contributed by atoms with E-state index < -0.39 is 41.0 Å². The number of rotatable bonds is 22. The van der Waals surface area contributed by atoms with Gasteiger partial charge in [0, 0.05) is 78.7 Å². The Morgan fingerprint density at radius 3 is 1.80 bits per heavy atom. The highest BCUT2D eigenvalue weighted by Crippen LogP contribution is 2.41. The second-order valence-electron chi connectivity index (χ2n) is 19.5. The van der Waals surface area contributed by atoms with Gasteiger partial charge in [0.1, 0.15) is 23.0 Å². The Kier molecular flexibility index (Phi) is 20.3. The number of hydrogen-bond donors (Lipinski definition) is 6. The fourth-order valence-corrected chi connectivity index (χ4v) is 11.6. The van der Waals surface area contributed by atoms with Crippen molar-refractivity contribution in [3.8, 4) is 11.5 Å². The summed E-state index contributed by atoms with van der Waals surface area (Å²) in [7, 11) is 3.29. The molecule has 1 unspecified atom stereocenters. The van der Waals surface area contributed by atoms with E-state index in [4.69, 9.17) is 20.9 Å². The minimum Gasteiger partial charge on any atom is -0.497 e. The fraction of sp³-hybridized carbons (Fsp3) is 0.464. The lowest BCUT2D eigenvalue weighted by molar-refractivity contribution is -0.00989. The first-order chi connectivity index (χ1) is 35.7. The number of likely N-dealkylation sites (tertiary alicyclic amines) is 1. The van der Waals surface area contributed by atoms with Gasteiger partial charge >= 0.3 is 0 Å². The number of aryl methyl sites for hydroxylation is 2. The summed E-state index contributed by atoms with van der Waals surface area (Å²) < 4.78 is 92.0. The first-order valence-electron chi connectivity index (χ1n) is 25.4. The van der Waals surface area contributed by atoms with Gasteiger partial charge in [0.25, 0.3) is 0 Å². The minimum atomic E-state index is -1.43. The number of benzene rings is 4. The number of hydrogen-bond acceptors (Lipinski definition) is 12. The predicted molar refractivity (Wildman–Crippen MR) is 280 cm³/mol. The lowest BCUT2D eigenvalue weighted by Crippen LogP contribution is -2.45. The number of fused-ring (bicyclic) bond motifs is 2. The third kappa shape index (κ3) is 14.0. The number of aliphatic hydroxyl groups is 2. The van der Waals surface area contributed by atoms with Crippen LogP contribution < -0.4 is 31.6 Å². The molecule has 2 aromatic heterocycles. The first kappa shape index (κ1) is 56.5. The van der Waals surface area contributed by atoms with E-state index in [9.17, 15) is 36.6 Å². The molecular formula is C56H69F6N7O4S. The average Bonchev–Trinajstić information content (AvgIpc) is 3.41. The standard InChI is InChI=1S/C28H35F3N4O2.C28H34F3N3O2S/c1-37-20-4-5-25-22(15-20)21(18(16-32)17-35-25)3-2-7-28(8-11-33-12-9-28)26(36)6-10-34-27-23(30)13-19(29)14-24(27)31;1-36-20-4-5-26-23(13-20)22(19(16-32)17-33-26)3-2-6-28(18-35)7-9-34(10-8-28)11-12-37-21-14-24(29)27(31)25(30)15-21/h4-5,13-15,17,26,33-34,36H,2-3,6-12,16,32H2,1H3;4-5,13-15,17,35H,2-3,6-12,16,18,32H2,1H3. The van der Waals surface area contributed by atoms with Gasteiger partial charge in [-0.1, -0.05) is 0 Å². The van der Waals surface area contributed by atoms with Crippen LogP contribution in [0.25, 0.3) is 21.8 Å². The molecule has 74 heavy (non-hydrogen) atoms. The molecule has 8 N–H and O–H groups in total. The van der Waals surface area contributed by atoms with Gasteiger partial charge in [0.05, 0.1) is 31.4 Å². The highest BCUT2D eigenvalue weighted by Gasteiger charge is 2.38. The quantitative estimate of drug-likeness (QED) is 0.0217. The van der Waals surface area contributed by atoms with Crippen molar-refractivity contribution in [3.63, 3.8) is 0 Å². The maximum atomic E-state index is 14.0. The van der Waals surface area contributed by atoms with Gasteiger partial charge < -0.3 is 46.7 Å². The molecule has 0 radical (unpaired) electrons. The predicted octanol–water partition coefficient (Wildman–Crippen LogP) is 9.98. The fourth-order valence-electron chi connectivity index (χ4n) is 10.7. The molecular weight excluding hydrogens is 981 g/mol. The Balaban J connectivity index is 0.000000216. The molecule has 8 rings (SSSR count). The van der Waals surface area contributed by atoms with Crippen LogP contribution in [0.1, 0.15) is 80.0 Å². The number of anilines is 1. The van der Waals surface area contributed by atoms with E-state index in [2.05, 4.69) is 25.5 Å². The summed E-state index contributed by atoms with van der Waals surface area (Å²) in [5, 5.41) is 29.7. The second-order valence-corrected chi connectivity index (χ2v) is 20.7. The molecule has 0 spiro atoms. The maximum Gasteiger partial charge on any atom is 0.194 e. The number of thioether (sulfide) groups is 1. The number of nitrogens with one attached hydrogen (secondary N) is 2. The molecule has 2 aliphatic rings. The van der Waals surface area contributed by atoms with Gasteiger partial charge in [-0.3, -0.25) is 9.97 Å². The lowest BCUT2D eigenvalue weighted by atomic mass is 9.69. The van der Waals surface area contributed by atoms with Crippen LogP contribution in [0, 0.1) is 45.7 Å². The van der Waals surface area contributed by atoms with Crippen LogP contribution in [-0.4, -0.2) is 97.0 Å². The van der Waals surface area contributed by atoms with Crippen molar-refractivity contribution in [3.05, 3.63) is 130 Å². The van der Waals surface area contributed by atoms with Crippen molar-refractivity contribution < 1.29 is 46.0 Å². The smallest absolute Gasteiger partial charge is 0.194 e. The Hall–Kier alpha value is -5.21. The lowest BCUT2D eigenvalue weighted by Gasteiger charge is -2.42. The SMILES string of the molecule is COc1ccc2ncc(CN)c(CCCC3(C(O)CCNc4c(F)cc(F)cc4F)CCNCC3)c2c1.COc1ccc2ncc(CN)c(CCCC3(CO)CCN(CCSc4cc(F)c(F)c(F)c4)CC3)c2c1. The Bertz CT molecular complexity index is 2760. The molecule has 0 amide bonds. The average molecular weight is 1050 g/mol. The molecule has 4 aromatic carbocycles. The number of aliphatic hydroxyl groups excluding tert-OH is 2. The van der Waals surface area contributed by atoms with Gasteiger partial charge in [-0.25, -0.2) is 26.3 Å². The number of ether oxygens (including phenoxy) is 2. The molecule has 400 valence electrons. The molecule has 0 aliphatic carbocycles. The zero-order valence-electron chi connectivity index (χ0n) is 42.2. The van der Waals surface area contributed by atoms with Crippen LogP contribution in [0.4, 0.5) is 32.0 Å². The molecule has 0 bridgehead atoms. The molecule has 18 heteroatoms. The third-order valence-corrected chi connectivity index (χ3v) is 16.1. The topological polar surface area (TPSA) is 164 Å². The monoisotopic (exact) mass is 1050 g/mol. The van der Waals surface area contributed by atoms with Crippen molar-refractivity contribution in [1.29, 1.82) is 0 Å². The molecule has 4 heterocycles. The third-order valence-electron chi connectivity index (χ3n) is 15.1. The van der Waals surface area contributed by atoms with E-state index >= 15 is 0 Å². The van der Waals surface area contributed by atoms with Crippen molar-refractivity contribution in [2.24, 2.45) is 22.3 Å². The molecule has 1 atom stereocenters. The molecule has 11 nitrogen and oxygen atoms in total. The highest BCUT2D eigenvalue weighted by molar-refractivity contribution is 7.99.